The third-order valence-corrected chi connectivity index (χ3v) is 3.30. The van der Waals surface area contributed by atoms with Crippen LogP contribution in [0.2, 0.25) is 0 Å². The van der Waals surface area contributed by atoms with E-state index in [1.54, 1.807) is 13.1 Å². The molecule has 2 atom stereocenters. The maximum absolute atomic E-state index is 12.3. The van der Waals surface area contributed by atoms with Crippen molar-refractivity contribution in [1.82, 2.24) is 4.90 Å². The van der Waals surface area contributed by atoms with Crippen LogP contribution in [0.4, 0.5) is 0 Å². The molecule has 5 heteroatoms. The van der Waals surface area contributed by atoms with Gasteiger partial charge in [-0.1, -0.05) is 36.4 Å². The first-order valence-corrected chi connectivity index (χ1v) is 6.84. The molecule has 2 unspecified atom stereocenters. The lowest BCUT2D eigenvalue weighted by atomic mass is 9.99. The zero-order valence-corrected chi connectivity index (χ0v) is 12.2. The van der Waals surface area contributed by atoms with Gasteiger partial charge in [-0.15, -0.1) is 6.58 Å². The van der Waals surface area contributed by atoms with E-state index in [1.807, 2.05) is 30.3 Å². The Bertz CT molecular complexity index is 488. The topological polar surface area (TPSA) is 83.6 Å². The van der Waals surface area contributed by atoms with E-state index in [0.717, 1.165) is 5.56 Å². The van der Waals surface area contributed by atoms with Gasteiger partial charge in [-0.05, 0) is 12.0 Å². The molecular weight excluding hydrogens is 268 g/mol. The number of hydrogen-bond donors (Lipinski definition) is 2. The molecule has 0 aliphatic heterocycles. The molecule has 0 heterocycles. The lowest BCUT2D eigenvalue weighted by Gasteiger charge is -2.25. The first-order valence-electron chi connectivity index (χ1n) is 6.84. The van der Waals surface area contributed by atoms with Crippen molar-refractivity contribution in [3.8, 4) is 0 Å². The smallest absolute Gasteiger partial charge is 0.304 e. The van der Waals surface area contributed by atoms with E-state index in [9.17, 15) is 9.59 Å². The van der Waals surface area contributed by atoms with Crippen molar-refractivity contribution in [3.05, 3.63) is 48.6 Å². The Morgan fingerprint density at radius 2 is 2.00 bits per heavy atom. The maximum Gasteiger partial charge on any atom is 0.304 e. The standard InChI is InChI=1S/C16H22N2O3/c1-3-7-13(10-15(19)20)16(21)18(2)11-14(17)12-8-5-4-6-9-12/h3-6,8-9,13-14H,1,7,10-11,17H2,2H3,(H,19,20). The number of nitrogens with two attached hydrogens (primary N) is 1. The van der Waals surface area contributed by atoms with Crippen molar-refractivity contribution in [2.24, 2.45) is 11.7 Å². The number of amides is 1. The minimum absolute atomic E-state index is 0.199. The quantitative estimate of drug-likeness (QED) is 0.715. The number of rotatable bonds is 8. The molecule has 0 aromatic heterocycles. The van der Waals surface area contributed by atoms with E-state index in [4.69, 9.17) is 10.8 Å². The predicted molar refractivity (Wildman–Crippen MR) is 81.6 cm³/mol. The second-order valence-electron chi connectivity index (χ2n) is 5.06. The lowest BCUT2D eigenvalue weighted by molar-refractivity contribution is -0.144. The van der Waals surface area contributed by atoms with Crippen LogP contribution in [-0.2, 0) is 9.59 Å². The molecule has 0 bridgehead atoms. The first kappa shape index (κ1) is 16.9. The highest BCUT2D eigenvalue weighted by molar-refractivity contribution is 5.83. The van der Waals surface area contributed by atoms with Crippen LogP contribution in [0.25, 0.3) is 0 Å². The zero-order valence-electron chi connectivity index (χ0n) is 12.2. The first-order chi connectivity index (χ1) is 9.95. The van der Waals surface area contributed by atoms with Gasteiger partial charge in [0.1, 0.15) is 0 Å². The number of aliphatic carboxylic acids is 1. The number of allylic oxidation sites excluding steroid dienone is 1. The molecule has 0 fully saturated rings. The van der Waals surface area contributed by atoms with Crippen molar-refractivity contribution >= 4 is 11.9 Å². The number of carbonyl (C=O) groups excluding carboxylic acids is 1. The number of carbonyl (C=O) groups is 2. The predicted octanol–water partition coefficient (Wildman–Crippen LogP) is 1.81. The Kier molecular flexibility index (Phi) is 6.62. The van der Waals surface area contributed by atoms with Gasteiger partial charge in [-0.2, -0.15) is 0 Å². The maximum atomic E-state index is 12.3. The summed E-state index contributed by atoms with van der Waals surface area (Å²) in [4.78, 5) is 24.6. The Morgan fingerprint density at radius 3 is 2.52 bits per heavy atom. The van der Waals surface area contributed by atoms with Crippen molar-refractivity contribution in [1.29, 1.82) is 0 Å². The molecule has 0 saturated heterocycles. The van der Waals surface area contributed by atoms with E-state index in [-0.39, 0.29) is 18.4 Å². The number of benzene rings is 1. The third kappa shape index (κ3) is 5.39. The second kappa shape index (κ2) is 8.21. The average Bonchev–Trinajstić information content (AvgIpc) is 2.46. The molecule has 0 aliphatic carbocycles. The Morgan fingerprint density at radius 1 is 1.38 bits per heavy atom. The van der Waals surface area contributed by atoms with Gasteiger partial charge in [-0.25, -0.2) is 0 Å². The average molecular weight is 290 g/mol. The zero-order chi connectivity index (χ0) is 15.8. The van der Waals surface area contributed by atoms with Crippen LogP contribution in [0.15, 0.2) is 43.0 Å². The van der Waals surface area contributed by atoms with Gasteiger partial charge in [0.2, 0.25) is 5.91 Å². The van der Waals surface area contributed by atoms with Crippen LogP contribution in [0, 0.1) is 5.92 Å². The van der Waals surface area contributed by atoms with Crippen LogP contribution in [0.3, 0.4) is 0 Å². The monoisotopic (exact) mass is 290 g/mol. The Hall–Kier alpha value is -2.14. The van der Waals surface area contributed by atoms with Crippen LogP contribution in [-0.4, -0.2) is 35.5 Å². The fraction of sp³-hybridized carbons (Fsp3) is 0.375. The minimum Gasteiger partial charge on any atom is -0.481 e. The lowest BCUT2D eigenvalue weighted by Crippen LogP contribution is -2.38. The highest BCUT2D eigenvalue weighted by Gasteiger charge is 2.24. The molecule has 3 N–H and O–H groups in total. The summed E-state index contributed by atoms with van der Waals surface area (Å²) in [5, 5.41) is 8.87. The second-order valence-corrected chi connectivity index (χ2v) is 5.06. The molecular formula is C16H22N2O3. The summed E-state index contributed by atoms with van der Waals surface area (Å²) in [5.74, 6) is -1.80. The number of likely N-dealkylation sites (N-methyl/N-ethyl adjacent to an activating group) is 1. The molecule has 1 rings (SSSR count). The highest BCUT2D eigenvalue weighted by atomic mass is 16.4. The third-order valence-electron chi connectivity index (χ3n) is 3.30. The van der Waals surface area contributed by atoms with Crippen LogP contribution < -0.4 is 5.73 Å². The summed E-state index contributed by atoms with van der Waals surface area (Å²) in [7, 11) is 1.64. The van der Waals surface area contributed by atoms with Crippen molar-refractivity contribution in [2.45, 2.75) is 18.9 Å². The molecule has 21 heavy (non-hydrogen) atoms. The van der Waals surface area contributed by atoms with Crippen molar-refractivity contribution < 1.29 is 14.7 Å². The van der Waals surface area contributed by atoms with E-state index in [2.05, 4.69) is 6.58 Å². The number of hydrogen-bond acceptors (Lipinski definition) is 3. The molecule has 0 radical (unpaired) electrons. The highest BCUT2D eigenvalue weighted by Crippen LogP contribution is 2.16. The summed E-state index contributed by atoms with van der Waals surface area (Å²) in [6.07, 6.45) is 1.71. The molecule has 0 saturated carbocycles. The molecule has 0 aliphatic rings. The van der Waals surface area contributed by atoms with Crippen LogP contribution in [0.1, 0.15) is 24.4 Å². The summed E-state index contributed by atoms with van der Waals surface area (Å²) < 4.78 is 0. The van der Waals surface area contributed by atoms with Crippen LogP contribution in [0.5, 0.6) is 0 Å². The van der Waals surface area contributed by atoms with E-state index < -0.39 is 11.9 Å². The minimum atomic E-state index is -0.990. The van der Waals surface area contributed by atoms with Gasteiger partial charge in [-0.3, -0.25) is 9.59 Å². The number of nitrogens with zero attached hydrogens (tertiary/aromatic N) is 1. The van der Waals surface area contributed by atoms with Crippen molar-refractivity contribution in [3.63, 3.8) is 0 Å². The fourth-order valence-corrected chi connectivity index (χ4v) is 2.19. The summed E-state index contributed by atoms with van der Waals surface area (Å²) in [5.41, 5.74) is 7.02. The van der Waals surface area contributed by atoms with E-state index in [0.29, 0.717) is 13.0 Å². The van der Waals surface area contributed by atoms with Gasteiger partial charge >= 0.3 is 5.97 Å². The van der Waals surface area contributed by atoms with Crippen molar-refractivity contribution in [2.75, 3.05) is 13.6 Å². The SMILES string of the molecule is C=CCC(CC(=O)O)C(=O)N(C)CC(N)c1ccccc1. The van der Waals surface area contributed by atoms with Gasteiger partial charge in [0.25, 0.3) is 0 Å². The molecule has 1 aromatic rings. The fourth-order valence-electron chi connectivity index (χ4n) is 2.19. The largest absolute Gasteiger partial charge is 0.481 e. The summed E-state index contributed by atoms with van der Waals surface area (Å²) >= 11 is 0. The van der Waals surface area contributed by atoms with Gasteiger partial charge in [0.15, 0.2) is 0 Å². The molecule has 5 nitrogen and oxygen atoms in total. The summed E-state index contributed by atoms with van der Waals surface area (Å²) in [6.45, 7) is 3.91. The number of carboxylic acids is 1. The summed E-state index contributed by atoms with van der Waals surface area (Å²) in [6, 6.07) is 9.19. The molecule has 0 spiro atoms. The van der Waals surface area contributed by atoms with E-state index in [1.165, 1.54) is 4.90 Å². The Labute approximate surface area is 125 Å². The number of carboxylic acid groups (broad SMARTS) is 1. The van der Waals surface area contributed by atoms with Gasteiger partial charge in [0, 0.05) is 19.6 Å². The molecule has 1 amide bonds. The van der Waals surface area contributed by atoms with E-state index >= 15 is 0 Å². The molecule has 114 valence electrons. The van der Waals surface area contributed by atoms with Gasteiger partial charge in [0.05, 0.1) is 12.3 Å². The normalized spacial score (nSPS) is 13.2. The van der Waals surface area contributed by atoms with Gasteiger partial charge < -0.3 is 15.7 Å². The van der Waals surface area contributed by atoms with Crippen LogP contribution >= 0.6 is 0 Å². The Balaban J connectivity index is 2.67. The molecule has 1 aromatic carbocycles.